The SMILES string of the molecule is FCc1cc2cn[nH]c2cn1. The van der Waals surface area contributed by atoms with Gasteiger partial charge in [-0.2, -0.15) is 5.10 Å². The average molecular weight is 151 g/mol. The third kappa shape index (κ3) is 0.960. The highest BCUT2D eigenvalue weighted by Crippen LogP contribution is 2.10. The van der Waals surface area contributed by atoms with Crippen molar-refractivity contribution in [3.8, 4) is 0 Å². The standard InChI is InChI=1S/C7H6FN3/c8-2-6-1-5-3-10-11-7(5)4-9-6/h1,3-4H,2H2,(H,10,11). The zero-order chi connectivity index (χ0) is 7.68. The van der Waals surface area contributed by atoms with E-state index in [9.17, 15) is 4.39 Å². The molecule has 2 aromatic rings. The van der Waals surface area contributed by atoms with Crippen molar-refractivity contribution < 1.29 is 4.39 Å². The summed E-state index contributed by atoms with van der Waals surface area (Å²) in [5.41, 5.74) is 1.28. The van der Waals surface area contributed by atoms with Crippen molar-refractivity contribution >= 4 is 10.9 Å². The maximum Gasteiger partial charge on any atom is 0.131 e. The van der Waals surface area contributed by atoms with Gasteiger partial charge in [-0.25, -0.2) is 4.39 Å². The van der Waals surface area contributed by atoms with Gasteiger partial charge in [-0.3, -0.25) is 10.1 Å². The summed E-state index contributed by atoms with van der Waals surface area (Å²) >= 11 is 0. The first kappa shape index (κ1) is 6.27. The van der Waals surface area contributed by atoms with Gasteiger partial charge in [-0.1, -0.05) is 0 Å². The lowest BCUT2D eigenvalue weighted by molar-refractivity contribution is 0.476. The van der Waals surface area contributed by atoms with Crippen LogP contribution >= 0.6 is 0 Å². The topological polar surface area (TPSA) is 41.6 Å². The summed E-state index contributed by atoms with van der Waals surface area (Å²) in [5.74, 6) is 0. The molecular formula is C7H6FN3. The predicted molar refractivity (Wildman–Crippen MR) is 38.7 cm³/mol. The number of hydrogen-bond donors (Lipinski definition) is 1. The van der Waals surface area contributed by atoms with Crippen LogP contribution in [0.25, 0.3) is 10.9 Å². The smallest absolute Gasteiger partial charge is 0.131 e. The molecule has 0 unspecified atom stereocenters. The van der Waals surface area contributed by atoms with Crippen LogP contribution < -0.4 is 0 Å². The second-order valence-corrected chi connectivity index (χ2v) is 2.27. The number of H-pyrrole nitrogens is 1. The second kappa shape index (κ2) is 2.30. The second-order valence-electron chi connectivity index (χ2n) is 2.27. The van der Waals surface area contributed by atoms with E-state index in [2.05, 4.69) is 15.2 Å². The van der Waals surface area contributed by atoms with Crippen LogP contribution in [-0.2, 0) is 6.67 Å². The Morgan fingerprint density at radius 2 is 2.36 bits per heavy atom. The van der Waals surface area contributed by atoms with Crippen LogP contribution in [0.3, 0.4) is 0 Å². The Hall–Kier alpha value is -1.45. The van der Waals surface area contributed by atoms with E-state index in [0.29, 0.717) is 5.69 Å². The number of hydrogen-bond acceptors (Lipinski definition) is 2. The van der Waals surface area contributed by atoms with E-state index >= 15 is 0 Å². The number of aromatic amines is 1. The molecule has 1 N–H and O–H groups in total. The Kier molecular flexibility index (Phi) is 1.31. The van der Waals surface area contributed by atoms with E-state index < -0.39 is 6.67 Å². The predicted octanol–water partition coefficient (Wildman–Crippen LogP) is 1.43. The van der Waals surface area contributed by atoms with Gasteiger partial charge >= 0.3 is 0 Å². The molecule has 0 amide bonds. The number of fused-ring (bicyclic) bond motifs is 1. The van der Waals surface area contributed by atoms with Crippen LogP contribution in [0.5, 0.6) is 0 Å². The molecule has 56 valence electrons. The summed E-state index contributed by atoms with van der Waals surface area (Å²) in [4.78, 5) is 3.85. The third-order valence-electron chi connectivity index (χ3n) is 1.52. The first-order chi connectivity index (χ1) is 5.40. The van der Waals surface area contributed by atoms with Crippen LogP contribution in [0.1, 0.15) is 5.69 Å². The fourth-order valence-corrected chi connectivity index (χ4v) is 0.961. The van der Waals surface area contributed by atoms with Gasteiger partial charge < -0.3 is 0 Å². The van der Waals surface area contributed by atoms with E-state index in [-0.39, 0.29) is 0 Å². The van der Waals surface area contributed by atoms with Crippen LogP contribution in [0.2, 0.25) is 0 Å². The summed E-state index contributed by atoms with van der Waals surface area (Å²) in [6.07, 6.45) is 3.23. The molecule has 2 heterocycles. The number of alkyl halides is 1. The minimum atomic E-state index is -0.527. The molecule has 2 aromatic heterocycles. The highest BCUT2D eigenvalue weighted by molar-refractivity contribution is 5.76. The highest BCUT2D eigenvalue weighted by Gasteiger charge is 1.97. The van der Waals surface area contributed by atoms with E-state index in [0.717, 1.165) is 10.9 Å². The van der Waals surface area contributed by atoms with Crippen molar-refractivity contribution in [1.29, 1.82) is 0 Å². The van der Waals surface area contributed by atoms with Crippen molar-refractivity contribution in [3.63, 3.8) is 0 Å². The maximum absolute atomic E-state index is 12.1. The van der Waals surface area contributed by atoms with Crippen molar-refractivity contribution in [2.24, 2.45) is 0 Å². The minimum absolute atomic E-state index is 0.443. The number of nitrogens with one attached hydrogen (secondary N) is 1. The van der Waals surface area contributed by atoms with Crippen LogP contribution in [0.15, 0.2) is 18.5 Å². The van der Waals surface area contributed by atoms with Gasteiger partial charge in [0.1, 0.15) is 6.67 Å². The molecule has 11 heavy (non-hydrogen) atoms. The number of pyridine rings is 1. The monoisotopic (exact) mass is 151 g/mol. The lowest BCUT2D eigenvalue weighted by Crippen LogP contribution is -1.83. The summed E-state index contributed by atoms with van der Waals surface area (Å²) in [5, 5.41) is 7.42. The number of nitrogens with zero attached hydrogens (tertiary/aromatic N) is 2. The van der Waals surface area contributed by atoms with Crippen molar-refractivity contribution in [1.82, 2.24) is 15.2 Å². The van der Waals surface area contributed by atoms with E-state index in [4.69, 9.17) is 0 Å². The molecule has 2 rings (SSSR count). The van der Waals surface area contributed by atoms with E-state index in [1.165, 1.54) is 0 Å². The Balaban J connectivity index is 2.67. The van der Waals surface area contributed by atoms with Crippen LogP contribution in [-0.4, -0.2) is 15.2 Å². The largest absolute Gasteiger partial charge is 0.276 e. The lowest BCUT2D eigenvalue weighted by Gasteiger charge is -1.91. The quantitative estimate of drug-likeness (QED) is 0.669. The molecular weight excluding hydrogens is 145 g/mol. The van der Waals surface area contributed by atoms with Gasteiger partial charge in [0.05, 0.1) is 23.6 Å². The fourth-order valence-electron chi connectivity index (χ4n) is 0.961. The normalized spacial score (nSPS) is 10.6. The fraction of sp³-hybridized carbons (Fsp3) is 0.143. The molecule has 0 fully saturated rings. The summed E-state index contributed by atoms with van der Waals surface area (Å²) in [7, 11) is 0. The minimum Gasteiger partial charge on any atom is -0.276 e. The van der Waals surface area contributed by atoms with E-state index in [1.54, 1.807) is 18.5 Å². The Morgan fingerprint density at radius 1 is 1.45 bits per heavy atom. The average Bonchev–Trinajstić information content (AvgIpc) is 2.50. The summed E-state index contributed by atoms with van der Waals surface area (Å²) < 4.78 is 12.1. The molecule has 3 nitrogen and oxygen atoms in total. The number of aromatic nitrogens is 3. The maximum atomic E-state index is 12.1. The molecule has 4 heteroatoms. The van der Waals surface area contributed by atoms with Crippen molar-refractivity contribution in [2.45, 2.75) is 6.67 Å². The van der Waals surface area contributed by atoms with Crippen molar-refractivity contribution in [3.05, 3.63) is 24.2 Å². The highest BCUT2D eigenvalue weighted by atomic mass is 19.1. The zero-order valence-electron chi connectivity index (χ0n) is 5.71. The van der Waals surface area contributed by atoms with Crippen LogP contribution in [0.4, 0.5) is 4.39 Å². The summed E-state index contributed by atoms with van der Waals surface area (Å²) in [6, 6.07) is 1.68. The molecule has 0 saturated heterocycles. The van der Waals surface area contributed by atoms with Gasteiger partial charge in [0.2, 0.25) is 0 Å². The molecule has 0 aliphatic rings. The molecule has 0 radical (unpaired) electrons. The first-order valence-corrected chi connectivity index (χ1v) is 3.24. The molecule has 0 aliphatic heterocycles. The van der Waals surface area contributed by atoms with Gasteiger partial charge in [0, 0.05) is 5.39 Å². The number of halogens is 1. The first-order valence-electron chi connectivity index (χ1n) is 3.24. The Bertz CT molecular complexity index is 368. The molecule has 0 saturated carbocycles. The molecule has 0 aliphatic carbocycles. The van der Waals surface area contributed by atoms with Crippen LogP contribution in [0, 0.1) is 0 Å². The Morgan fingerprint density at radius 3 is 3.18 bits per heavy atom. The van der Waals surface area contributed by atoms with Gasteiger partial charge in [0.15, 0.2) is 0 Å². The van der Waals surface area contributed by atoms with Gasteiger partial charge in [-0.15, -0.1) is 0 Å². The third-order valence-corrected chi connectivity index (χ3v) is 1.52. The van der Waals surface area contributed by atoms with Crippen molar-refractivity contribution in [2.75, 3.05) is 0 Å². The molecule has 0 atom stereocenters. The summed E-state index contributed by atoms with van der Waals surface area (Å²) in [6.45, 7) is -0.527. The number of rotatable bonds is 1. The zero-order valence-corrected chi connectivity index (χ0v) is 5.71. The van der Waals surface area contributed by atoms with Gasteiger partial charge in [0.25, 0.3) is 0 Å². The molecule has 0 aromatic carbocycles. The lowest BCUT2D eigenvalue weighted by atomic mass is 10.3. The Labute approximate surface area is 62.3 Å². The molecule has 0 bridgehead atoms. The van der Waals surface area contributed by atoms with E-state index in [1.807, 2.05) is 0 Å². The van der Waals surface area contributed by atoms with Gasteiger partial charge in [-0.05, 0) is 6.07 Å². The molecule has 0 spiro atoms.